The molecular formula is C15H26Cl2N4O3. The number of halogens is 2. The SMILES string of the molecule is Cl.Cl.Cn1cc(C2(C)CN(C(=O)[C@@H]3CC[C@H](CN)O3)CCO2)cn1. The Hall–Kier alpha value is -0.860. The summed E-state index contributed by atoms with van der Waals surface area (Å²) in [6.45, 7) is 4.11. The molecule has 1 amide bonds. The third-order valence-corrected chi connectivity index (χ3v) is 4.55. The van der Waals surface area contributed by atoms with Crippen LogP contribution in [0.1, 0.15) is 25.3 Å². The fourth-order valence-corrected chi connectivity index (χ4v) is 3.19. The lowest BCUT2D eigenvalue weighted by Crippen LogP contribution is -2.53. The summed E-state index contributed by atoms with van der Waals surface area (Å²) < 4.78 is 13.4. The summed E-state index contributed by atoms with van der Waals surface area (Å²) >= 11 is 0. The normalized spacial score (nSPS) is 29.7. The van der Waals surface area contributed by atoms with Gasteiger partial charge >= 0.3 is 0 Å². The largest absolute Gasteiger partial charge is 0.367 e. The molecule has 2 N–H and O–H groups in total. The number of nitrogens with zero attached hydrogens (tertiary/aromatic N) is 3. The number of aromatic nitrogens is 2. The standard InChI is InChI=1S/C15H24N4O3.2ClH/c1-15(11-8-17-18(2)9-11)10-19(5-6-21-15)14(20)13-4-3-12(7-16)22-13;;/h8-9,12-13H,3-7,10,16H2,1-2H3;2*1H/t12-,13+,15?;;/m1../s1. The molecule has 1 unspecified atom stereocenters. The van der Waals surface area contributed by atoms with Crippen molar-refractivity contribution in [3.63, 3.8) is 0 Å². The van der Waals surface area contributed by atoms with Gasteiger partial charge in [0.05, 0.1) is 25.5 Å². The second kappa shape index (κ2) is 8.49. The smallest absolute Gasteiger partial charge is 0.251 e. The molecule has 3 atom stereocenters. The lowest BCUT2D eigenvalue weighted by atomic mass is 9.96. The Balaban J connectivity index is 0.00000144. The Morgan fingerprint density at radius 2 is 2.21 bits per heavy atom. The zero-order valence-electron chi connectivity index (χ0n) is 14.0. The predicted molar refractivity (Wildman–Crippen MR) is 94.5 cm³/mol. The maximum Gasteiger partial charge on any atom is 0.251 e. The third-order valence-electron chi connectivity index (χ3n) is 4.55. The van der Waals surface area contributed by atoms with E-state index in [4.69, 9.17) is 15.2 Å². The summed E-state index contributed by atoms with van der Waals surface area (Å²) in [6, 6.07) is 0. The highest BCUT2D eigenvalue weighted by Gasteiger charge is 2.40. The number of amides is 1. The van der Waals surface area contributed by atoms with Gasteiger partial charge < -0.3 is 20.1 Å². The first-order chi connectivity index (χ1) is 10.5. The summed E-state index contributed by atoms with van der Waals surface area (Å²) in [5.41, 5.74) is 6.08. The monoisotopic (exact) mass is 380 g/mol. The highest BCUT2D eigenvalue weighted by atomic mass is 35.5. The zero-order valence-corrected chi connectivity index (χ0v) is 15.6. The third kappa shape index (κ3) is 4.21. The van der Waals surface area contributed by atoms with Crippen LogP contribution < -0.4 is 5.73 Å². The number of morpholine rings is 1. The molecule has 0 bridgehead atoms. The lowest BCUT2D eigenvalue weighted by Gasteiger charge is -2.40. The average Bonchev–Trinajstić information content (AvgIpc) is 3.15. The molecule has 2 fully saturated rings. The number of aryl methyl sites for hydroxylation is 1. The van der Waals surface area contributed by atoms with Crippen LogP contribution in [-0.4, -0.2) is 59.0 Å². The summed E-state index contributed by atoms with van der Waals surface area (Å²) in [6.07, 6.45) is 5.00. The van der Waals surface area contributed by atoms with Crippen molar-refractivity contribution >= 4 is 30.7 Å². The Bertz CT molecular complexity index is 557. The van der Waals surface area contributed by atoms with Crippen LogP contribution in [0.15, 0.2) is 12.4 Å². The van der Waals surface area contributed by atoms with Gasteiger partial charge in [0, 0.05) is 31.9 Å². The van der Waals surface area contributed by atoms with E-state index in [-0.39, 0.29) is 42.9 Å². The van der Waals surface area contributed by atoms with Gasteiger partial charge in [0.25, 0.3) is 5.91 Å². The van der Waals surface area contributed by atoms with Crippen molar-refractivity contribution in [2.24, 2.45) is 12.8 Å². The summed E-state index contributed by atoms with van der Waals surface area (Å²) in [7, 11) is 1.87. The first kappa shape index (κ1) is 21.2. The highest BCUT2D eigenvalue weighted by molar-refractivity contribution is 5.85. The minimum Gasteiger partial charge on any atom is -0.367 e. The van der Waals surface area contributed by atoms with E-state index >= 15 is 0 Å². The number of carbonyl (C=O) groups is 1. The molecule has 2 aliphatic heterocycles. The molecule has 24 heavy (non-hydrogen) atoms. The van der Waals surface area contributed by atoms with Gasteiger partial charge in [-0.05, 0) is 19.8 Å². The highest BCUT2D eigenvalue weighted by Crippen LogP contribution is 2.30. The van der Waals surface area contributed by atoms with Gasteiger partial charge in [0.15, 0.2) is 0 Å². The van der Waals surface area contributed by atoms with E-state index in [9.17, 15) is 4.79 Å². The van der Waals surface area contributed by atoms with E-state index in [1.54, 1.807) is 10.9 Å². The lowest BCUT2D eigenvalue weighted by molar-refractivity contribution is -0.159. The van der Waals surface area contributed by atoms with Crippen LogP contribution in [-0.2, 0) is 26.9 Å². The van der Waals surface area contributed by atoms with E-state index in [0.29, 0.717) is 26.2 Å². The van der Waals surface area contributed by atoms with Crippen LogP contribution in [0.3, 0.4) is 0 Å². The van der Waals surface area contributed by atoms with Gasteiger partial charge in [-0.3, -0.25) is 9.48 Å². The second-order valence-electron chi connectivity index (χ2n) is 6.30. The molecule has 2 aliphatic rings. The van der Waals surface area contributed by atoms with Gasteiger partial charge in [-0.25, -0.2) is 0 Å². The van der Waals surface area contributed by atoms with E-state index in [1.165, 1.54) is 0 Å². The molecule has 0 aromatic carbocycles. The Kier molecular flexibility index (Phi) is 7.49. The molecule has 7 nitrogen and oxygen atoms in total. The van der Waals surface area contributed by atoms with Gasteiger partial charge in [-0.15, -0.1) is 24.8 Å². The first-order valence-corrected chi connectivity index (χ1v) is 7.79. The molecule has 0 radical (unpaired) electrons. The predicted octanol–water partition coefficient (Wildman–Crippen LogP) is 0.844. The first-order valence-electron chi connectivity index (χ1n) is 7.79. The van der Waals surface area contributed by atoms with Crippen LogP contribution in [0.4, 0.5) is 0 Å². The Labute approximate surface area is 154 Å². The van der Waals surface area contributed by atoms with Crippen molar-refractivity contribution in [3.05, 3.63) is 18.0 Å². The van der Waals surface area contributed by atoms with E-state index in [0.717, 1.165) is 18.4 Å². The summed E-state index contributed by atoms with van der Waals surface area (Å²) in [5, 5.41) is 4.20. The van der Waals surface area contributed by atoms with Gasteiger partial charge in [0.2, 0.25) is 0 Å². The van der Waals surface area contributed by atoms with Crippen LogP contribution >= 0.6 is 24.8 Å². The zero-order chi connectivity index (χ0) is 15.7. The van der Waals surface area contributed by atoms with Crippen molar-refractivity contribution < 1.29 is 14.3 Å². The maximum absolute atomic E-state index is 12.7. The van der Waals surface area contributed by atoms with Crippen molar-refractivity contribution in [1.29, 1.82) is 0 Å². The molecule has 0 aliphatic carbocycles. The summed E-state index contributed by atoms with van der Waals surface area (Å²) in [5.74, 6) is 0.0503. The number of hydrogen-bond acceptors (Lipinski definition) is 5. The van der Waals surface area contributed by atoms with Gasteiger partial charge in [-0.2, -0.15) is 5.10 Å². The molecule has 1 aromatic rings. The van der Waals surface area contributed by atoms with E-state index in [1.807, 2.05) is 25.1 Å². The van der Waals surface area contributed by atoms with Crippen molar-refractivity contribution in [3.8, 4) is 0 Å². The molecule has 3 rings (SSSR count). The Morgan fingerprint density at radius 1 is 1.46 bits per heavy atom. The van der Waals surface area contributed by atoms with Crippen LogP contribution in [0, 0.1) is 0 Å². The van der Waals surface area contributed by atoms with Gasteiger partial charge in [-0.1, -0.05) is 0 Å². The fourth-order valence-electron chi connectivity index (χ4n) is 3.19. The van der Waals surface area contributed by atoms with Crippen LogP contribution in [0.25, 0.3) is 0 Å². The van der Waals surface area contributed by atoms with Gasteiger partial charge in [0.1, 0.15) is 11.7 Å². The maximum atomic E-state index is 12.7. The van der Waals surface area contributed by atoms with E-state index in [2.05, 4.69) is 5.10 Å². The van der Waals surface area contributed by atoms with Crippen molar-refractivity contribution in [1.82, 2.24) is 14.7 Å². The number of ether oxygens (including phenoxy) is 2. The molecule has 138 valence electrons. The number of carbonyl (C=O) groups excluding carboxylic acids is 1. The molecule has 2 saturated heterocycles. The van der Waals surface area contributed by atoms with Crippen LogP contribution in [0.5, 0.6) is 0 Å². The number of rotatable bonds is 3. The fraction of sp³-hybridized carbons (Fsp3) is 0.733. The summed E-state index contributed by atoms with van der Waals surface area (Å²) in [4.78, 5) is 14.5. The second-order valence-corrected chi connectivity index (χ2v) is 6.30. The van der Waals surface area contributed by atoms with Crippen molar-refractivity contribution in [2.75, 3.05) is 26.2 Å². The molecule has 3 heterocycles. The van der Waals surface area contributed by atoms with Crippen molar-refractivity contribution in [2.45, 2.75) is 37.6 Å². The minimum atomic E-state index is -0.520. The number of nitrogens with two attached hydrogens (primary N) is 1. The minimum absolute atomic E-state index is 0. The Morgan fingerprint density at radius 3 is 2.79 bits per heavy atom. The van der Waals surface area contributed by atoms with Crippen LogP contribution in [0.2, 0.25) is 0 Å². The average molecular weight is 381 g/mol. The molecule has 0 spiro atoms. The molecule has 0 saturated carbocycles. The van der Waals surface area contributed by atoms with E-state index < -0.39 is 5.60 Å². The molecule has 1 aromatic heterocycles. The number of hydrogen-bond donors (Lipinski definition) is 1. The quantitative estimate of drug-likeness (QED) is 0.839. The topological polar surface area (TPSA) is 82.6 Å². The molecule has 9 heteroatoms. The molecular weight excluding hydrogens is 355 g/mol.